The van der Waals surface area contributed by atoms with Crippen LogP contribution in [0.15, 0.2) is 36.2 Å². The Morgan fingerprint density at radius 3 is 2.33 bits per heavy atom. The Bertz CT molecular complexity index is 1770. The van der Waals surface area contributed by atoms with Crippen LogP contribution in [0.4, 0.5) is 0 Å². The van der Waals surface area contributed by atoms with Gasteiger partial charge in [0, 0.05) is 17.8 Å². The van der Waals surface area contributed by atoms with Gasteiger partial charge in [-0.2, -0.15) is 0 Å². The van der Waals surface area contributed by atoms with Gasteiger partial charge in [0.2, 0.25) is 0 Å². The van der Waals surface area contributed by atoms with Crippen molar-refractivity contribution < 1.29 is 44.6 Å². The maximum Gasteiger partial charge on any atom is 0.335 e. The molecule has 6 aliphatic carbocycles. The Hall–Kier alpha value is -2.50. The van der Waals surface area contributed by atoms with Gasteiger partial charge in [0.05, 0.1) is 11.5 Å². The van der Waals surface area contributed by atoms with Gasteiger partial charge >= 0.3 is 11.9 Å². The summed E-state index contributed by atoms with van der Waals surface area (Å²) in [5, 5.41) is 52.8. The number of nitrogens with one attached hydrogen (secondary N) is 1. The van der Waals surface area contributed by atoms with Crippen molar-refractivity contribution in [2.45, 2.75) is 168 Å². The molecular formula is C45H65NO9. The van der Waals surface area contributed by atoms with Gasteiger partial charge < -0.3 is 40.0 Å². The second kappa shape index (κ2) is 13.0. The largest absolute Gasteiger partial charge is 0.481 e. The Morgan fingerprint density at radius 1 is 0.891 bits per heavy atom. The maximum atomic E-state index is 13.5. The molecule has 14 unspecified atom stereocenters. The number of aliphatic hydroxyl groups excluding tert-OH is 3. The zero-order valence-corrected chi connectivity index (χ0v) is 33.8. The summed E-state index contributed by atoms with van der Waals surface area (Å²) in [5.74, 6) is -1.46. The third-order valence-electron chi connectivity index (χ3n) is 18.1. The quantitative estimate of drug-likeness (QED) is 0.121. The van der Waals surface area contributed by atoms with E-state index in [0.717, 1.165) is 77.0 Å². The number of rotatable bonds is 8. The first-order chi connectivity index (χ1) is 25.8. The molecule has 55 heavy (non-hydrogen) atoms. The van der Waals surface area contributed by atoms with E-state index in [-0.39, 0.29) is 33.7 Å². The second-order valence-electron chi connectivity index (χ2n) is 20.5. The number of carboxylic acids is 2. The molecule has 7 aliphatic rings. The van der Waals surface area contributed by atoms with Crippen molar-refractivity contribution in [3.8, 4) is 0 Å². The monoisotopic (exact) mass is 763 g/mol. The molecule has 1 spiro atoms. The predicted molar refractivity (Wildman–Crippen MR) is 206 cm³/mol. The van der Waals surface area contributed by atoms with Crippen LogP contribution in [0.2, 0.25) is 0 Å². The van der Waals surface area contributed by atoms with E-state index in [2.05, 4.69) is 77.1 Å². The lowest BCUT2D eigenvalue weighted by atomic mass is 9.30. The summed E-state index contributed by atoms with van der Waals surface area (Å²) in [6.45, 7) is 14.1. The van der Waals surface area contributed by atoms with E-state index >= 15 is 0 Å². The zero-order chi connectivity index (χ0) is 39.6. The van der Waals surface area contributed by atoms with Gasteiger partial charge in [-0.1, -0.05) is 65.3 Å². The summed E-state index contributed by atoms with van der Waals surface area (Å²) in [6, 6.07) is 0. The van der Waals surface area contributed by atoms with E-state index in [1.807, 2.05) is 0 Å². The van der Waals surface area contributed by atoms with Crippen molar-refractivity contribution in [2.24, 2.45) is 49.7 Å². The molecule has 1 aromatic heterocycles. The Kier molecular flexibility index (Phi) is 9.30. The standard InChI is InChI=1S/C45H65NO9/c1-7-26-23-46-24-27(26)11-17-43-18-13-31(54-37-34(49)32(47)33(48)35(55-37)36(50)51)39(2,3)28(43)12-16-41(5)29(43)9-10-30-42(41,6)20-22-44(38(52)53)21-19-40(4)14-8-15-45(30,44)25-40/h8,10,15,23-24,28-29,31-35,37,46-49H,7,9,11-14,16-22,25H2,1-6H3,(H,50,51)(H,52,53). The third kappa shape index (κ3) is 5.29. The second-order valence-corrected chi connectivity index (χ2v) is 20.5. The average molecular weight is 764 g/mol. The minimum atomic E-state index is -1.77. The third-order valence-corrected chi connectivity index (χ3v) is 18.1. The van der Waals surface area contributed by atoms with Gasteiger partial charge in [0.1, 0.15) is 18.3 Å². The number of aliphatic hydroxyl groups is 3. The molecule has 6 N–H and O–H groups in total. The highest BCUT2D eigenvalue weighted by Crippen LogP contribution is 2.80. The highest BCUT2D eigenvalue weighted by atomic mass is 16.7. The first kappa shape index (κ1) is 39.3. The molecule has 10 nitrogen and oxygen atoms in total. The molecule has 2 heterocycles. The number of H-pyrrole nitrogens is 1. The number of carbonyl (C=O) groups is 2. The van der Waals surface area contributed by atoms with Crippen molar-refractivity contribution in [1.82, 2.24) is 4.98 Å². The lowest BCUT2D eigenvalue weighted by molar-refractivity contribution is -0.325. The molecule has 10 heteroatoms. The average Bonchev–Trinajstić information content (AvgIpc) is 3.59. The first-order valence-electron chi connectivity index (χ1n) is 21.2. The van der Waals surface area contributed by atoms with E-state index in [1.54, 1.807) is 0 Å². The van der Waals surface area contributed by atoms with Gasteiger partial charge in [0.25, 0.3) is 0 Å². The maximum absolute atomic E-state index is 13.5. The fraction of sp³-hybridized carbons (Fsp3) is 0.778. The first-order valence-corrected chi connectivity index (χ1v) is 21.2. The number of aliphatic carboxylic acids is 2. The lowest BCUT2D eigenvalue weighted by Gasteiger charge is -2.74. The highest BCUT2D eigenvalue weighted by molar-refractivity contribution is 5.79. The molecule has 5 fully saturated rings. The molecule has 2 bridgehead atoms. The summed E-state index contributed by atoms with van der Waals surface area (Å²) >= 11 is 0. The van der Waals surface area contributed by atoms with Crippen LogP contribution < -0.4 is 0 Å². The minimum Gasteiger partial charge on any atom is -0.481 e. The molecule has 0 amide bonds. The van der Waals surface area contributed by atoms with Gasteiger partial charge in [-0.05, 0) is 140 Å². The number of aromatic amines is 1. The number of aromatic nitrogens is 1. The topological polar surface area (TPSA) is 170 Å². The Labute approximate surface area is 326 Å². The molecule has 8 rings (SSSR count). The number of hydrogen-bond acceptors (Lipinski definition) is 7. The van der Waals surface area contributed by atoms with Gasteiger partial charge in [0.15, 0.2) is 12.4 Å². The number of allylic oxidation sites excluding steroid dienone is 4. The van der Waals surface area contributed by atoms with Crippen molar-refractivity contribution in [3.63, 3.8) is 0 Å². The fourth-order valence-electron chi connectivity index (χ4n) is 14.9. The fourth-order valence-corrected chi connectivity index (χ4v) is 14.9. The molecule has 14 atom stereocenters. The zero-order valence-electron chi connectivity index (χ0n) is 33.8. The van der Waals surface area contributed by atoms with Crippen LogP contribution in [-0.4, -0.2) is 79.3 Å². The molecule has 304 valence electrons. The normalized spacial score (nSPS) is 48.4. The molecule has 1 aliphatic heterocycles. The molecule has 1 saturated heterocycles. The predicted octanol–water partition coefficient (Wildman–Crippen LogP) is 6.96. The highest BCUT2D eigenvalue weighted by Gasteiger charge is 2.74. The SMILES string of the molecule is CCc1c[nH]cc1CCC12CCC(OC3OC(C(=O)O)C(O)C(O)C3O)C(C)(C)C1CCC1(C)C2CC=C2C1(C)CCC1(C(=O)O)CCC3(C)CC=CC21C3. The van der Waals surface area contributed by atoms with Gasteiger partial charge in [-0.15, -0.1) is 0 Å². The molecule has 4 saturated carbocycles. The van der Waals surface area contributed by atoms with Crippen LogP contribution >= 0.6 is 0 Å². The molecule has 0 radical (unpaired) electrons. The number of aryl methyl sites for hydroxylation is 2. The Morgan fingerprint density at radius 2 is 1.62 bits per heavy atom. The molecular weight excluding hydrogens is 698 g/mol. The van der Waals surface area contributed by atoms with Crippen LogP contribution in [-0.2, 0) is 31.9 Å². The smallest absolute Gasteiger partial charge is 0.335 e. The number of fused-ring (bicyclic) bond motifs is 6. The lowest BCUT2D eigenvalue weighted by Crippen LogP contribution is -2.68. The summed E-state index contributed by atoms with van der Waals surface area (Å²) in [6.07, 6.45) is 15.5. The summed E-state index contributed by atoms with van der Waals surface area (Å²) < 4.78 is 12.2. The molecule has 1 aromatic rings. The number of hydrogen-bond donors (Lipinski definition) is 6. The summed E-state index contributed by atoms with van der Waals surface area (Å²) in [4.78, 5) is 28.8. The van der Waals surface area contributed by atoms with Crippen molar-refractivity contribution in [2.75, 3.05) is 0 Å². The van der Waals surface area contributed by atoms with E-state index in [9.17, 15) is 35.1 Å². The minimum absolute atomic E-state index is 0.0702. The van der Waals surface area contributed by atoms with Crippen molar-refractivity contribution in [3.05, 3.63) is 47.3 Å². The van der Waals surface area contributed by atoms with E-state index in [1.165, 1.54) is 16.7 Å². The summed E-state index contributed by atoms with van der Waals surface area (Å²) in [5.41, 5.74) is 2.24. The van der Waals surface area contributed by atoms with E-state index in [0.29, 0.717) is 18.8 Å². The van der Waals surface area contributed by atoms with Crippen LogP contribution in [0.5, 0.6) is 0 Å². The number of carboxylic acid groups (broad SMARTS) is 2. The van der Waals surface area contributed by atoms with Crippen LogP contribution in [0.25, 0.3) is 0 Å². The summed E-state index contributed by atoms with van der Waals surface area (Å²) in [7, 11) is 0. The van der Waals surface area contributed by atoms with Crippen molar-refractivity contribution >= 4 is 11.9 Å². The van der Waals surface area contributed by atoms with E-state index in [4.69, 9.17) is 9.47 Å². The van der Waals surface area contributed by atoms with Gasteiger partial charge in [-0.3, -0.25) is 4.79 Å². The van der Waals surface area contributed by atoms with Gasteiger partial charge in [-0.25, -0.2) is 4.79 Å². The van der Waals surface area contributed by atoms with E-state index < -0.39 is 58.9 Å². The van der Waals surface area contributed by atoms with Crippen LogP contribution in [0.1, 0.15) is 130 Å². The number of ether oxygens (including phenoxy) is 2. The molecule has 0 aromatic carbocycles. The van der Waals surface area contributed by atoms with Crippen LogP contribution in [0, 0.1) is 49.7 Å². The van der Waals surface area contributed by atoms with Crippen LogP contribution in [0.3, 0.4) is 0 Å². The Balaban J connectivity index is 1.19. The van der Waals surface area contributed by atoms with Crippen molar-refractivity contribution in [1.29, 1.82) is 0 Å².